The molecule has 3 aliphatic carbocycles. The van der Waals surface area contributed by atoms with Crippen LogP contribution < -0.4 is 0 Å². The van der Waals surface area contributed by atoms with Gasteiger partial charge in [-0.15, -0.1) is 6.58 Å². The van der Waals surface area contributed by atoms with E-state index in [0.29, 0.717) is 11.8 Å². The number of allylic oxidation sites excluding steroid dienone is 2. The van der Waals surface area contributed by atoms with Crippen molar-refractivity contribution in [2.45, 2.75) is 65.4 Å². The molecule has 0 aromatic heterocycles. The van der Waals surface area contributed by atoms with E-state index < -0.39 is 0 Å². The van der Waals surface area contributed by atoms with Crippen LogP contribution in [0.2, 0.25) is 0 Å². The van der Waals surface area contributed by atoms with E-state index in [4.69, 9.17) is 0 Å². The van der Waals surface area contributed by atoms with Gasteiger partial charge in [-0.1, -0.05) is 39.3 Å². The lowest BCUT2D eigenvalue weighted by Gasteiger charge is -2.61. The van der Waals surface area contributed by atoms with Crippen molar-refractivity contribution >= 4 is 0 Å². The maximum Gasteiger partial charge on any atom is 0.0756 e. The molecule has 2 N–H and O–H groups in total. The third-order valence-corrected chi connectivity index (χ3v) is 7.27. The second-order valence-corrected chi connectivity index (χ2v) is 8.98. The number of fused-ring (bicyclic) bond motifs is 3. The molecule has 3 aliphatic rings. The van der Waals surface area contributed by atoms with Crippen LogP contribution in [0.1, 0.15) is 59.3 Å². The van der Waals surface area contributed by atoms with E-state index in [-0.39, 0.29) is 29.0 Å². The smallest absolute Gasteiger partial charge is 0.0756 e. The van der Waals surface area contributed by atoms with Crippen LogP contribution in [0.15, 0.2) is 24.3 Å². The predicted molar refractivity (Wildman–Crippen MR) is 90.4 cm³/mol. The first-order valence-electron chi connectivity index (χ1n) is 8.93. The Hall–Kier alpha value is -0.600. The maximum atomic E-state index is 10.8. The Kier molecular flexibility index (Phi) is 3.85. The summed E-state index contributed by atoms with van der Waals surface area (Å²) < 4.78 is 0. The maximum absolute atomic E-state index is 10.8. The topological polar surface area (TPSA) is 40.5 Å². The van der Waals surface area contributed by atoms with E-state index in [2.05, 4.69) is 33.4 Å². The molecule has 2 saturated carbocycles. The molecule has 0 bridgehead atoms. The van der Waals surface area contributed by atoms with Crippen molar-refractivity contribution < 1.29 is 10.2 Å². The first-order valence-corrected chi connectivity index (χ1v) is 8.93. The van der Waals surface area contributed by atoms with Gasteiger partial charge < -0.3 is 10.2 Å². The SMILES string of the molecule is C=C[C@]1(C)C=C2[C@@H](O)C[C@@H]3C(C)(C)CCC[C@@]3(CO)[C@H]2CC1. The van der Waals surface area contributed by atoms with Crippen LogP contribution in [-0.4, -0.2) is 22.9 Å². The quantitative estimate of drug-likeness (QED) is 0.755. The lowest BCUT2D eigenvalue weighted by molar-refractivity contribution is -0.123. The molecule has 2 heteroatoms. The number of hydrogen-bond donors (Lipinski definition) is 2. The van der Waals surface area contributed by atoms with Gasteiger partial charge in [-0.25, -0.2) is 0 Å². The Morgan fingerprint density at radius 2 is 2.00 bits per heavy atom. The fraction of sp³-hybridized carbons (Fsp3) is 0.800. The van der Waals surface area contributed by atoms with Crippen molar-refractivity contribution in [3.8, 4) is 0 Å². The minimum absolute atomic E-state index is 0.000477. The van der Waals surface area contributed by atoms with Gasteiger partial charge in [0, 0.05) is 17.4 Å². The highest BCUT2D eigenvalue weighted by atomic mass is 16.3. The lowest BCUT2D eigenvalue weighted by Crippen LogP contribution is -2.57. The summed E-state index contributed by atoms with van der Waals surface area (Å²) >= 11 is 0. The molecular formula is C20H32O2. The molecule has 5 atom stereocenters. The van der Waals surface area contributed by atoms with Crippen LogP contribution in [0.25, 0.3) is 0 Å². The van der Waals surface area contributed by atoms with Crippen LogP contribution in [0.3, 0.4) is 0 Å². The standard InChI is InChI=1S/C20H32O2/c1-5-19(4)10-7-15-14(12-19)16(22)11-17-18(2,3)8-6-9-20(15,17)13-21/h5,12,15-17,21-22H,1,6-11,13H2,2-4H3/t15-,16-,17+,19-,20+/m0/s1. The normalized spacial score (nSPS) is 47.1. The Balaban J connectivity index is 2.06. The average Bonchev–Trinajstić information content (AvgIpc) is 2.48. The van der Waals surface area contributed by atoms with Crippen molar-refractivity contribution in [2.24, 2.45) is 28.1 Å². The molecule has 0 aromatic rings. The van der Waals surface area contributed by atoms with Crippen LogP contribution in [0, 0.1) is 28.1 Å². The van der Waals surface area contributed by atoms with Gasteiger partial charge in [-0.3, -0.25) is 0 Å². The van der Waals surface area contributed by atoms with Gasteiger partial charge in [0.25, 0.3) is 0 Å². The Labute approximate surface area is 135 Å². The van der Waals surface area contributed by atoms with Crippen LogP contribution in [0.4, 0.5) is 0 Å². The molecule has 2 fully saturated rings. The molecule has 0 aliphatic heterocycles. The van der Waals surface area contributed by atoms with E-state index in [9.17, 15) is 10.2 Å². The third-order valence-electron chi connectivity index (χ3n) is 7.27. The molecule has 0 unspecified atom stereocenters. The van der Waals surface area contributed by atoms with E-state index in [1.54, 1.807) is 0 Å². The van der Waals surface area contributed by atoms with Crippen molar-refractivity contribution in [1.82, 2.24) is 0 Å². The van der Waals surface area contributed by atoms with Gasteiger partial charge in [-0.05, 0) is 54.9 Å². The highest BCUT2D eigenvalue weighted by Gasteiger charge is 2.58. The minimum Gasteiger partial charge on any atom is -0.396 e. The second-order valence-electron chi connectivity index (χ2n) is 8.98. The minimum atomic E-state index is -0.341. The zero-order valence-corrected chi connectivity index (χ0v) is 14.4. The number of rotatable bonds is 2. The van der Waals surface area contributed by atoms with Gasteiger partial charge in [-0.2, -0.15) is 0 Å². The molecule has 22 heavy (non-hydrogen) atoms. The fourth-order valence-electron chi connectivity index (χ4n) is 5.91. The number of hydrogen-bond acceptors (Lipinski definition) is 2. The largest absolute Gasteiger partial charge is 0.396 e. The number of aliphatic hydroxyl groups is 2. The fourth-order valence-corrected chi connectivity index (χ4v) is 5.91. The van der Waals surface area contributed by atoms with Gasteiger partial charge >= 0.3 is 0 Å². The molecule has 3 rings (SSSR count). The monoisotopic (exact) mass is 304 g/mol. The molecule has 0 radical (unpaired) electrons. The molecule has 0 heterocycles. The highest BCUT2D eigenvalue weighted by molar-refractivity contribution is 5.30. The summed E-state index contributed by atoms with van der Waals surface area (Å²) in [5.41, 5.74) is 1.39. The zero-order chi connectivity index (χ0) is 16.2. The molecular weight excluding hydrogens is 272 g/mol. The van der Waals surface area contributed by atoms with Crippen LogP contribution >= 0.6 is 0 Å². The van der Waals surface area contributed by atoms with E-state index in [0.717, 1.165) is 25.7 Å². The van der Waals surface area contributed by atoms with Gasteiger partial charge in [0.15, 0.2) is 0 Å². The first kappa shape index (κ1) is 16.3. The molecule has 0 spiro atoms. The summed E-state index contributed by atoms with van der Waals surface area (Å²) in [6.07, 6.45) is 10.4. The molecule has 124 valence electrons. The van der Waals surface area contributed by atoms with Gasteiger partial charge in [0.05, 0.1) is 6.10 Å². The van der Waals surface area contributed by atoms with Crippen LogP contribution in [-0.2, 0) is 0 Å². The van der Waals surface area contributed by atoms with Crippen molar-refractivity contribution in [2.75, 3.05) is 6.61 Å². The molecule has 0 aromatic carbocycles. The van der Waals surface area contributed by atoms with Crippen molar-refractivity contribution in [3.05, 3.63) is 24.3 Å². The Morgan fingerprint density at radius 3 is 2.64 bits per heavy atom. The van der Waals surface area contributed by atoms with Crippen LogP contribution in [0.5, 0.6) is 0 Å². The Bertz CT molecular complexity index is 492. The lowest BCUT2D eigenvalue weighted by atomic mass is 9.44. The second kappa shape index (κ2) is 5.21. The summed E-state index contributed by atoms with van der Waals surface area (Å²) in [5, 5.41) is 21.2. The first-order chi connectivity index (χ1) is 10.3. The molecule has 0 amide bonds. The summed E-state index contributed by atoms with van der Waals surface area (Å²) in [4.78, 5) is 0. The van der Waals surface area contributed by atoms with Gasteiger partial charge in [0.1, 0.15) is 0 Å². The summed E-state index contributed by atoms with van der Waals surface area (Å²) in [7, 11) is 0. The van der Waals surface area contributed by atoms with E-state index in [1.165, 1.54) is 18.4 Å². The van der Waals surface area contributed by atoms with Crippen molar-refractivity contribution in [3.63, 3.8) is 0 Å². The molecule has 0 saturated heterocycles. The summed E-state index contributed by atoms with van der Waals surface area (Å²) in [5.74, 6) is 0.767. The van der Waals surface area contributed by atoms with Gasteiger partial charge in [0.2, 0.25) is 0 Å². The van der Waals surface area contributed by atoms with E-state index in [1.807, 2.05) is 6.08 Å². The number of aliphatic hydroxyl groups excluding tert-OH is 2. The predicted octanol–water partition coefficient (Wildman–Crippen LogP) is 4.08. The van der Waals surface area contributed by atoms with E-state index >= 15 is 0 Å². The third kappa shape index (κ3) is 2.22. The highest BCUT2D eigenvalue weighted by Crippen LogP contribution is 2.63. The molecule has 2 nitrogen and oxygen atoms in total. The average molecular weight is 304 g/mol. The van der Waals surface area contributed by atoms with Crippen molar-refractivity contribution in [1.29, 1.82) is 0 Å². The zero-order valence-electron chi connectivity index (χ0n) is 14.4. The summed E-state index contributed by atoms with van der Waals surface area (Å²) in [6, 6.07) is 0. The summed E-state index contributed by atoms with van der Waals surface area (Å²) in [6.45, 7) is 11.1. The Morgan fingerprint density at radius 1 is 1.27 bits per heavy atom.